The van der Waals surface area contributed by atoms with Gasteiger partial charge < -0.3 is 5.11 Å². The molecule has 4 fully saturated rings. The van der Waals surface area contributed by atoms with E-state index in [4.69, 9.17) is 0 Å². The number of aliphatic carboxylic acids is 1. The Hall–Kier alpha value is -0.790. The second-order valence-electron chi connectivity index (χ2n) is 6.11. The van der Waals surface area contributed by atoms with Crippen LogP contribution in [0.2, 0.25) is 0 Å². The molecule has 16 heavy (non-hydrogen) atoms. The minimum Gasteiger partial charge on any atom is -0.481 e. The molecule has 0 saturated heterocycles. The first-order valence-electron chi connectivity index (χ1n) is 6.54. The third-order valence-electron chi connectivity index (χ3n) is 5.25. The van der Waals surface area contributed by atoms with Crippen LogP contribution in [-0.2, 0) is 4.79 Å². The van der Waals surface area contributed by atoms with E-state index in [1.165, 1.54) is 32.1 Å². The highest BCUT2D eigenvalue weighted by Crippen LogP contribution is 2.58. The van der Waals surface area contributed by atoms with E-state index < -0.39 is 5.97 Å². The van der Waals surface area contributed by atoms with Gasteiger partial charge in [-0.25, -0.2) is 0 Å². The van der Waals surface area contributed by atoms with Gasteiger partial charge in [-0.2, -0.15) is 0 Å². The van der Waals surface area contributed by atoms with Crippen molar-refractivity contribution in [3.05, 3.63) is 12.7 Å². The summed E-state index contributed by atoms with van der Waals surface area (Å²) in [6.45, 7) is 3.73. The molecule has 0 aliphatic heterocycles. The van der Waals surface area contributed by atoms with Gasteiger partial charge in [0.15, 0.2) is 0 Å². The third-order valence-corrected chi connectivity index (χ3v) is 5.25. The van der Waals surface area contributed by atoms with Crippen molar-refractivity contribution in [1.82, 2.24) is 0 Å². The Bertz CT molecular complexity index is 293. The number of carbonyl (C=O) groups is 1. The van der Waals surface area contributed by atoms with Gasteiger partial charge in [0.05, 0.1) is 5.92 Å². The topological polar surface area (TPSA) is 37.3 Å². The number of hydrogen-bond acceptors (Lipinski definition) is 1. The van der Waals surface area contributed by atoms with Gasteiger partial charge in [-0.15, -0.1) is 6.58 Å². The van der Waals surface area contributed by atoms with Gasteiger partial charge in [0.2, 0.25) is 0 Å². The molecule has 4 rings (SSSR count). The summed E-state index contributed by atoms with van der Waals surface area (Å²) in [6, 6.07) is 0. The zero-order valence-electron chi connectivity index (χ0n) is 9.64. The molecular formula is C14H20O2. The molecule has 1 N–H and O–H groups in total. The Morgan fingerprint density at radius 1 is 1.12 bits per heavy atom. The summed E-state index contributed by atoms with van der Waals surface area (Å²) < 4.78 is 0. The van der Waals surface area contributed by atoms with Crippen molar-refractivity contribution in [3.63, 3.8) is 0 Å². The van der Waals surface area contributed by atoms with Crippen LogP contribution in [0, 0.1) is 35.5 Å². The van der Waals surface area contributed by atoms with Crippen molar-refractivity contribution in [2.45, 2.75) is 32.1 Å². The van der Waals surface area contributed by atoms with Gasteiger partial charge in [-0.3, -0.25) is 4.79 Å². The van der Waals surface area contributed by atoms with Crippen LogP contribution in [0.25, 0.3) is 0 Å². The fourth-order valence-electron chi connectivity index (χ4n) is 4.98. The quantitative estimate of drug-likeness (QED) is 0.742. The normalized spacial score (nSPS) is 46.6. The lowest BCUT2D eigenvalue weighted by Gasteiger charge is -2.55. The average molecular weight is 220 g/mol. The van der Waals surface area contributed by atoms with E-state index in [9.17, 15) is 9.90 Å². The van der Waals surface area contributed by atoms with Crippen LogP contribution in [0.4, 0.5) is 0 Å². The molecule has 0 spiro atoms. The zero-order chi connectivity index (χ0) is 11.3. The van der Waals surface area contributed by atoms with Gasteiger partial charge >= 0.3 is 5.97 Å². The van der Waals surface area contributed by atoms with Gasteiger partial charge in [0.1, 0.15) is 0 Å². The lowest BCUT2D eigenvalue weighted by Crippen LogP contribution is -2.48. The summed E-state index contributed by atoms with van der Waals surface area (Å²) in [5.41, 5.74) is 0. The van der Waals surface area contributed by atoms with Gasteiger partial charge in [0, 0.05) is 0 Å². The predicted molar refractivity (Wildman–Crippen MR) is 61.9 cm³/mol. The van der Waals surface area contributed by atoms with E-state index in [1.54, 1.807) is 6.08 Å². The fraction of sp³-hybridized carbons (Fsp3) is 0.786. The molecule has 4 aliphatic rings. The van der Waals surface area contributed by atoms with Crippen LogP contribution >= 0.6 is 0 Å². The van der Waals surface area contributed by atoms with E-state index in [1.807, 2.05) is 0 Å². The van der Waals surface area contributed by atoms with Crippen molar-refractivity contribution in [3.8, 4) is 0 Å². The molecule has 0 aromatic carbocycles. The molecule has 1 unspecified atom stereocenters. The van der Waals surface area contributed by atoms with Gasteiger partial charge in [0.25, 0.3) is 0 Å². The summed E-state index contributed by atoms with van der Waals surface area (Å²) in [5, 5.41) is 9.29. The maximum atomic E-state index is 11.3. The first kappa shape index (κ1) is 10.4. The molecule has 0 heterocycles. The molecule has 2 heteroatoms. The molecule has 0 aromatic heterocycles. The molecule has 4 bridgehead atoms. The highest BCUT2D eigenvalue weighted by molar-refractivity contribution is 5.72. The van der Waals surface area contributed by atoms with Crippen molar-refractivity contribution in [2.24, 2.45) is 35.5 Å². The summed E-state index contributed by atoms with van der Waals surface area (Å²) in [4.78, 5) is 11.3. The molecular weight excluding hydrogens is 200 g/mol. The zero-order valence-corrected chi connectivity index (χ0v) is 9.64. The first-order valence-corrected chi connectivity index (χ1v) is 6.54. The Morgan fingerprint density at radius 3 is 2.00 bits per heavy atom. The maximum absolute atomic E-state index is 11.3. The molecule has 0 radical (unpaired) electrons. The van der Waals surface area contributed by atoms with Gasteiger partial charge in [-0.1, -0.05) is 6.08 Å². The number of carboxylic acid groups (broad SMARTS) is 1. The van der Waals surface area contributed by atoms with Crippen LogP contribution in [0.3, 0.4) is 0 Å². The predicted octanol–water partition coefficient (Wildman–Crippen LogP) is 2.95. The molecule has 88 valence electrons. The van der Waals surface area contributed by atoms with Crippen molar-refractivity contribution < 1.29 is 9.90 Å². The molecule has 0 amide bonds. The monoisotopic (exact) mass is 220 g/mol. The Kier molecular flexibility index (Phi) is 2.34. The lowest BCUT2D eigenvalue weighted by molar-refractivity contribution is -0.148. The van der Waals surface area contributed by atoms with Crippen LogP contribution in [0.5, 0.6) is 0 Å². The van der Waals surface area contributed by atoms with Crippen LogP contribution in [-0.4, -0.2) is 11.1 Å². The number of rotatable bonds is 3. The summed E-state index contributed by atoms with van der Waals surface area (Å²) >= 11 is 0. The van der Waals surface area contributed by atoms with Crippen LogP contribution in [0.1, 0.15) is 32.1 Å². The van der Waals surface area contributed by atoms with Crippen LogP contribution < -0.4 is 0 Å². The fourth-order valence-corrected chi connectivity index (χ4v) is 4.98. The summed E-state index contributed by atoms with van der Waals surface area (Å²) in [7, 11) is 0. The van der Waals surface area contributed by atoms with Crippen molar-refractivity contribution in [1.29, 1.82) is 0 Å². The number of hydrogen-bond donors (Lipinski definition) is 1. The smallest absolute Gasteiger partial charge is 0.310 e. The summed E-state index contributed by atoms with van der Waals surface area (Å²) in [5.74, 6) is 2.62. The largest absolute Gasteiger partial charge is 0.481 e. The SMILES string of the molecule is C=CC(C(=O)O)C1C2CC3CC(C2)CC1C3. The first-order chi connectivity index (χ1) is 7.69. The highest BCUT2D eigenvalue weighted by atomic mass is 16.4. The van der Waals surface area contributed by atoms with E-state index in [0.717, 1.165) is 11.8 Å². The van der Waals surface area contributed by atoms with E-state index in [-0.39, 0.29) is 5.92 Å². The van der Waals surface area contributed by atoms with E-state index in [2.05, 4.69) is 6.58 Å². The minimum atomic E-state index is -0.660. The average Bonchev–Trinajstić information content (AvgIpc) is 2.21. The van der Waals surface area contributed by atoms with Crippen molar-refractivity contribution >= 4 is 5.97 Å². The molecule has 1 atom stereocenters. The molecule has 4 aliphatic carbocycles. The standard InChI is InChI=1S/C14H20O2/c1-2-12(14(15)16)13-10-4-8-3-9(6-10)7-11(13)5-8/h2,8-13H,1,3-7H2,(H,15,16). The van der Waals surface area contributed by atoms with Gasteiger partial charge in [-0.05, 0) is 61.7 Å². The van der Waals surface area contributed by atoms with Crippen molar-refractivity contribution in [2.75, 3.05) is 0 Å². The summed E-state index contributed by atoms with van der Waals surface area (Å²) in [6.07, 6.45) is 8.25. The third kappa shape index (κ3) is 1.42. The minimum absolute atomic E-state index is 0.296. The molecule has 0 aromatic rings. The Labute approximate surface area is 96.7 Å². The highest BCUT2D eigenvalue weighted by Gasteiger charge is 2.51. The second-order valence-corrected chi connectivity index (χ2v) is 6.11. The Balaban J connectivity index is 1.85. The Morgan fingerprint density at radius 2 is 1.62 bits per heavy atom. The molecule has 4 saturated carbocycles. The van der Waals surface area contributed by atoms with E-state index in [0.29, 0.717) is 17.8 Å². The van der Waals surface area contributed by atoms with Crippen LogP contribution in [0.15, 0.2) is 12.7 Å². The maximum Gasteiger partial charge on any atom is 0.310 e. The second kappa shape index (κ2) is 3.61. The lowest BCUT2D eigenvalue weighted by atomic mass is 9.49. The van der Waals surface area contributed by atoms with E-state index >= 15 is 0 Å². The molecule has 2 nitrogen and oxygen atoms in total. The number of carboxylic acids is 1.